The number of ketones is 2. The van der Waals surface area contributed by atoms with E-state index < -0.39 is 0 Å². The highest BCUT2D eigenvalue weighted by Crippen LogP contribution is 2.40. The summed E-state index contributed by atoms with van der Waals surface area (Å²) in [5.41, 5.74) is 0.688. The van der Waals surface area contributed by atoms with Crippen molar-refractivity contribution in [2.24, 2.45) is 0 Å². The molecule has 1 aromatic rings. The van der Waals surface area contributed by atoms with Crippen LogP contribution < -0.4 is 14.2 Å². The lowest BCUT2D eigenvalue weighted by molar-refractivity contribution is -0.124. The Morgan fingerprint density at radius 3 is 2.11 bits per heavy atom. The highest BCUT2D eigenvalue weighted by atomic mass is 16.5. The zero-order chi connectivity index (χ0) is 20.8. The largest absolute Gasteiger partial charge is 0.493 e. The molecule has 0 amide bonds. The van der Waals surface area contributed by atoms with E-state index >= 15 is 0 Å². The fraction of sp³-hybridized carbons (Fsp3) is 0.565. The maximum atomic E-state index is 12.1. The number of ether oxygens (including phenoxy) is 3. The van der Waals surface area contributed by atoms with Crippen LogP contribution in [-0.4, -0.2) is 32.9 Å². The number of Topliss-reactive ketones (excluding diaryl/α,β-unsaturated/α-hetero) is 1. The minimum absolute atomic E-state index is 0.00230. The highest BCUT2D eigenvalue weighted by Gasteiger charge is 2.14. The van der Waals surface area contributed by atoms with E-state index in [2.05, 4.69) is 6.92 Å². The Morgan fingerprint density at radius 2 is 1.50 bits per heavy atom. The number of hydrogen-bond donors (Lipinski definition) is 0. The van der Waals surface area contributed by atoms with E-state index in [4.69, 9.17) is 14.2 Å². The Labute approximate surface area is 169 Å². The Hall–Kier alpha value is -2.30. The van der Waals surface area contributed by atoms with Crippen LogP contribution >= 0.6 is 0 Å². The van der Waals surface area contributed by atoms with Gasteiger partial charge in [0.15, 0.2) is 17.3 Å². The first-order valence-electron chi connectivity index (χ1n) is 10.1. The van der Waals surface area contributed by atoms with Crippen molar-refractivity contribution in [2.75, 3.05) is 21.3 Å². The molecule has 156 valence electrons. The maximum Gasteiger partial charge on any atom is 0.203 e. The van der Waals surface area contributed by atoms with E-state index in [1.54, 1.807) is 25.3 Å². The molecule has 5 heteroatoms. The quantitative estimate of drug-likeness (QED) is 0.228. The second-order valence-corrected chi connectivity index (χ2v) is 6.81. The molecule has 0 atom stereocenters. The minimum atomic E-state index is -0.204. The van der Waals surface area contributed by atoms with Crippen LogP contribution in [0.25, 0.3) is 6.08 Å². The summed E-state index contributed by atoms with van der Waals surface area (Å²) in [6.45, 7) is 2.20. The summed E-state index contributed by atoms with van der Waals surface area (Å²) in [5, 5.41) is 0. The van der Waals surface area contributed by atoms with E-state index in [0.29, 0.717) is 29.2 Å². The average Bonchev–Trinajstić information content (AvgIpc) is 2.70. The Kier molecular flexibility index (Phi) is 11.7. The van der Waals surface area contributed by atoms with Crippen LogP contribution in [0.2, 0.25) is 0 Å². The van der Waals surface area contributed by atoms with Gasteiger partial charge in [0, 0.05) is 12.0 Å². The van der Waals surface area contributed by atoms with Crippen molar-refractivity contribution in [3.8, 4) is 17.2 Å². The van der Waals surface area contributed by atoms with Gasteiger partial charge in [-0.3, -0.25) is 9.59 Å². The molecular formula is C23H34O5. The second kappa shape index (κ2) is 13.8. The number of carbonyl (C=O) groups is 2. The lowest BCUT2D eigenvalue weighted by atomic mass is 10.0. The number of allylic oxidation sites excluding steroid dienone is 1. The first-order valence-corrected chi connectivity index (χ1v) is 10.1. The van der Waals surface area contributed by atoms with Crippen LogP contribution in [0.15, 0.2) is 18.2 Å². The van der Waals surface area contributed by atoms with Crippen LogP contribution in [0.5, 0.6) is 17.2 Å². The number of benzene rings is 1. The molecular weight excluding hydrogens is 356 g/mol. The zero-order valence-corrected chi connectivity index (χ0v) is 17.7. The Morgan fingerprint density at radius 1 is 0.857 bits per heavy atom. The van der Waals surface area contributed by atoms with Gasteiger partial charge < -0.3 is 14.2 Å². The third-order valence-corrected chi connectivity index (χ3v) is 4.61. The smallest absolute Gasteiger partial charge is 0.203 e. The summed E-state index contributed by atoms with van der Waals surface area (Å²) in [5.74, 6) is 1.30. The number of methoxy groups -OCH3 is 3. The third-order valence-electron chi connectivity index (χ3n) is 4.61. The monoisotopic (exact) mass is 390 g/mol. The first kappa shape index (κ1) is 23.7. The molecule has 0 fully saturated rings. The molecule has 0 heterocycles. The van der Waals surface area contributed by atoms with Crippen molar-refractivity contribution in [1.29, 1.82) is 0 Å². The molecule has 0 saturated carbocycles. The summed E-state index contributed by atoms with van der Waals surface area (Å²) < 4.78 is 16.0. The fourth-order valence-electron chi connectivity index (χ4n) is 3.06. The van der Waals surface area contributed by atoms with E-state index in [1.807, 2.05) is 0 Å². The lowest BCUT2D eigenvalue weighted by Gasteiger charge is -2.13. The topological polar surface area (TPSA) is 61.8 Å². The predicted molar refractivity (Wildman–Crippen MR) is 112 cm³/mol. The maximum absolute atomic E-state index is 12.1. The summed E-state index contributed by atoms with van der Waals surface area (Å²) in [7, 11) is 4.61. The molecule has 0 bridgehead atoms. The van der Waals surface area contributed by atoms with Gasteiger partial charge >= 0.3 is 0 Å². The molecule has 0 N–H and O–H groups in total. The summed E-state index contributed by atoms with van der Waals surface area (Å²) in [4.78, 5) is 24.1. The van der Waals surface area contributed by atoms with E-state index in [-0.39, 0.29) is 18.0 Å². The van der Waals surface area contributed by atoms with Crippen molar-refractivity contribution in [2.45, 2.75) is 64.7 Å². The van der Waals surface area contributed by atoms with Gasteiger partial charge in [-0.05, 0) is 30.7 Å². The van der Waals surface area contributed by atoms with E-state index in [0.717, 1.165) is 12.8 Å². The molecule has 1 rings (SSSR count). The van der Waals surface area contributed by atoms with E-state index in [1.165, 1.54) is 52.4 Å². The van der Waals surface area contributed by atoms with Crippen LogP contribution in [0.1, 0.15) is 70.3 Å². The Bertz CT molecular complexity index is 649. The standard InChI is InChI=1S/C23H34O5/c1-5-6-7-8-9-10-11-12-19(24)17-20(25)15-13-18-14-16-21(26-2)23(28-4)22(18)27-3/h13-16H,5-12,17H2,1-4H3. The third kappa shape index (κ3) is 8.15. The van der Waals surface area contributed by atoms with Crippen molar-refractivity contribution in [3.05, 3.63) is 23.8 Å². The summed E-state index contributed by atoms with van der Waals surface area (Å²) in [6.07, 6.45) is 11.6. The summed E-state index contributed by atoms with van der Waals surface area (Å²) >= 11 is 0. The molecule has 0 radical (unpaired) electrons. The lowest BCUT2D eigenvalue weighted by Crippen LogP contribution is -2.05. The number of unbranched alkanes of at least 4 members (excludes halogenated alkanes) is 6. The molecule has 0 saturated heterocycles. The number of rotatable bonds is 15. The molecule has 5 nitrogen and oxygen atoms in total. The zero-order valence-electron chi connectivity index (χ0n) is 17.7. The molecule has 1 aromatic carbocycles. The first-order chi connectivity index (χ1) is 13.6. The molecule has 0 aliphatic rings. The van der Waals surface area contributed by atoms with Crippen molar-refractivity contribution in [1.82, 2.24) is 0 Å². The van der Waals surface area contributed by atoms with Gasteiger partial charge in [-0.1, -0.05) is 45.4 Å². The van der Waals surface area contributed by atoms with Gasteiger partial charge in [0.2, 0.25) is 5.75 Å². The van der Waals surface area contributed by atoms with Crippen molar-refractivity contribution in [3.63, 3.8) is 0 Å². The Balaban J connectivity index is 2.50. The number of carbonyl (C=O) groups excluding carboxylic acids is 2. The van der Waals surface area contributed by atoms with Gasteiger partial charge in [-0.2, -0.15) is 0 Å². The average molecular weight is 391 g/mol. The molecule has 0 unspecified atom stereocenters. The van der Waals surface area contributed by atoms with Gasteiger partial charge in [-0.15, -0.1) is 0 Å². The van der Waals surface area contributed by atoms with Crippen molar-refractivity contribution < 1.29 is 23.8 Å². The predicted octanol–water partition coefficient (Wildman–Crippen LogP) is 5.39. The van der Waals surface area contributed by atoms with Gasteiger partial charge in [-0.25, -0.2) is 0 Å². The van der Waals surface area contributed by atoms with Gasteiger partial charge in [0.1, 0.15) is 5.78 Å². The van der Waals surface area contributed by atoms with Gasteiger partial charge in [0.25, 0.3) is 0 Å². The molecule has 28 heavy (non-hydrogen) atoms. The molecule has 0 aliphatic carbocycles. The van der Waals surface area contributed by atoms with E-state index in [9.17, 15) is 9.59 Å². The highest BCUT2D eigenvalue weighted by molar-refractivity contribution is 6.06. The molecule has 0 spiro atoms. The summed E-state index contributed by atoms with van der Waals surface area (Å²) in [6, 6.07) is 3.53. The molecule has 0 aliphatic heterocycles. The fourth-order valence-corrected chi connectivity index (χ4v) is 3.06. The second-order valence-electron chi connectivity index (χ2n) is 6.81. The SMILES string of the molecule is CCCCCCCCCC(=O)CC(=O)C=Cc1ccc(OC)c(OC)c1OC. The van der Waals surface area contributed by atoms with Crippen LogP contribution in [0, 0.1) is 0 Å². The number of hydrogen-bond acceptors (Lipinski definition) is 5. The molecule has 0 aromatic heterocycles. The van der Waals surface area contributed by atoms with Gasteiger partial charge in [0.05, 0.1) is 27.8 Å². The van der Waals surface area contributed by atoms with Crippen LogP contribution in [-0.2, 0) is 9.59 Å². The van der Waals surface area contributed by atoms with Crippen LogP contribution in [0.3, 0.4) is 0 Å². The normalized spacial score (nSPS) is 10.9. The van der Waals surface area contributed by atoms with Crippen LogP contribution in [0.4, 0.5) is 0 Å². The minimum Gasteiger partial charge on any atom is -0.493 e. The van der Waals surface area contributed by atoms with Crippen molar-refractivity contribution >= 4 is 17.6 Å².